The lowest BCUT2D eigenvalue weighted by atomic mass is 10.0. The van der Waals surface area contributed by atoms with Crippen LogP contribution in [0.25, 0.3) is 0 Å². The van der Waals surface area contributed by atoms with Crippen LogP contribution in [0, 0.1) is 0 Å². The highest BCUT2D eigenvalue weighted by Crippen LogP contribution is 2.39. The number of hydrogen-bond donors (Lipinski definition) is 2. The molecule has 1 aromatic rings. The second kappa shape index (κ2) is 7.76. The van der Waals surface area contributed by atoms with Crippen molar-refractivity contribution in [2.45, 2.75) is 44.1 Å². The summed E-state index contributed by atoms with van der Waals surface area (Å²) in [6.07, 6.45) is 9.28. The predicted octanol–water partition coefficient (Wildman–Crippen LogP) is 2.28. The van der Waals surface area contributed by atoms with Gasteiger partial charge in [0.15, 0.2) is 0 Å². The second-order valence-corrected chi connectivity index (χ2v) is 5.11. The lowest BCUT2D eigenvalue weighted by Gasteiger charge is -2.21. The molecule has 0 aromatic carbocycles. The first-order valence-corrected chi connectivity index (χ1v) is 6.69. The number of nitrogens with one attached hydrogen (secondary N) is 2. The first-order chi connectivity index (χ1) is 8.83. The Bertz CT molecular complexity index is 431. The lowest BCUT2D eigenvalue weighted by Crippen LogP contribution is -2.43. The Morgan fingerprint density at radius 3 is 2.40 bits per heavy atom. The Hall–Kier alpha value is -0.910. The van der Waals surface area contributed by atoms with Gasteiger partial charge in [-0.05, 0) is 43.7 Å². The molecule has 0 radical (unpaired) electrons. The van der Waals surface area contributed by atoms with Crippen molar-refractivity contribution in [2.24, 2.45) is 0 Å². The molecular weight excluding hydrogens is 299 g/mol. The number of rotatable bonds is 3. The summed E-state index contributed by atoms with van der Waals surface area (Å²) in [6.45, 7) is 0.916. The van der Waals surface area contributed by atoms with Gasteiger partial charge in [0, 0.05) is 12.4 Å². The molecule has 1 atom stereocenters. The summed E-state index contributed by atoms with van der Waals surface area (Å²) in [4.78, 5) is 20.4. The zero-order chi connectivity index (χ0) is 12.4. The summed E-state index contributed by atoms with van der Waals surface area (Å²) in [5.41, 5.74) is 1.18. The third kappa shape index (κ3) is 4.30. The largest absolute Gasteiger partial charge is 0.306 e. The van der Waals surface area contributed by atoms with E-state index in [1.165, 1.54) is 18.4 Å². The highest BCUT2D eigenvalue weighted by Gasteiger charge is 2.24. The maximum Gasteiger partial charge on any atom is 0.243 e. The average Bonchev–Trinajstić information content (AvgIpc) is 3.25. The van der Waals surface area contributed by atoms with Gasteiger partial charge >= 0.3 is 0 Å². The Morgan fingerprint density at radius 2 is 1.85 bits per heavy atom. The summed E-state index contributed by atoms with van der Waals surface area (Å²) in [7, 11) is 0. The first kappa shape index (κ1) is 17.1. The molecule has 2 N–H and O–H groups in total. The number of amides is 1. The van der Waals surface area contributed by atoms with Crippen LogP contribution in [-0.4, -0.2) is 28.5 Å². The van der Waals surface area contributed by atoms with Crippen LogP contribution >= 0.6 is 24.8 Å². The third-order valence-corrected chi connectivity index (χ3v) is 3.58. The van der Waals surface area contributed by atoms with E-state index in [1.54, 1.807) is 0 Å². The molecule has 1 aliphatic carbocycles. The summed E-state index contributed by atoms with van der Waals surface area (Å²) in [5, 5.41) is 5.99. The summed E-state index contributed by atoms with van der Waals surface area (Å²) in [6, 6.07) is -0.0922. The molecule has 20 heavy (non-hydrogen) atoms. The van der Waals surface area contributed by atoms with Crippen LogP contribution < -0.4 is 10.6 Å². The van der Waals surface area contributed by atoms with E-state index in [0.717, 1.165) is 25.8 Å². The van der Waals surface area contributed by atoms with E-state index in [1.807, 2.05) is 12.4 Å². The SMILES string of the molecule is Cl.Cl.O=C(Nc1ncc(C2CC2)cn1)[C@H]1CCCCN1. The molecule has 1 saturated heterocycles. The Morgan fingerprint density at radius 1 is 1.15 bits per heavy atom. The third-order valence-electron chi connectivity index (χ3n) is 3.58. The molecule has 1 aliphatic heterocycles. The average molecular weight is 319 g/mol. The van der Waals surface area contributed by atoms with Gasteiger partial charge in [-0.3, -0.25) is 10.1 Å². The van der Waals surface area contributed by atoms with Crippen LogP contribution in [0.4, 0.5) is 5.95 Å². The molecule has 1 aromatic heterocycles. The fourth-order valence-corrected chi connectivity index (χ4v) is 2.30. The van der Waals surface area contributed by atoms with E-state index in [2.05, 4.69) is 20.6 Å². The van der Waals surface area contributed by atoms with E-state index in [-0.39, 0.29) is 36.8 Å². The Kier molecular flexibility index (Phi) is 6.65. The van der Waals surface area contributed by atoms with Crippen molar-refractivity contribution >= 4 is 36.7 Å². The molecule has 112 valence electrons. The monoisotopic (exact) mass is 318 g/mol. The molecule has 0 bridgehead atoms. The molecule has 2 aliphatic rings. The molecule has 7 heteroatoms. The summed E-state index contributed by atoms with van der Waals surface area (Å²) >= 11 is 0. The molecule has 3 rings (SSSR count). The maximum absolute atomic E-state index is 11.9. The minimum Gasteiger partial charge on any atom is -0.306 e. The highest BCUT2D eigenvalue weighted by atomic mass is 35.5. The van der Waals surface area contributed by atoms with Gasteiger partial charge in [-0.2, -0.15) is 0 Å². The van der Waals surface area contributed by atoms with E-state index in [4.69, 9.17) is 0 Å². The van der Waals surface area contributed by atoms with Gasteiger partial charge in [0.05, 0.1) is 6.04 Å². The van der Waals surface area contributed by atoms with Crippen molar-refractivity contribution in [3.63, 3.8) is 0 Å². The van der Waals surface area contributed by atoms with Gasteiger partial charge in [-0.1, -0.05) is 6.42 Å². The van der Waals surface area contributed by atoms with Crippen LogP contribution in [0.3, 0.4) is 0 Å². The molecule has 0 unspecified atom stereocenters. The van der Waals surface area contributed by atoms with Gasteiger partial charge in [0.2, 0.25) is 11.9 Å². The lowest BCUT2D eigenvalue weighted by molar-refractivity contribution is -0.118. The van der Waals surface area contributed by atoms with Crippen molar-refractivity contribution in [1.29, 1.82) is 0 Å². The molecule has 1 amide bonds. The fourth-order valence-electron chi connectivity index (χ4n) is 2.30. The highest BCUT2D eigenvalue weighted by molar-refractivity contribution is 5.93. The van der Waals surface area contributed by atoms with Crippen LogP contribution in [0.5, 0.6) is 0 Å². The van der Waals surface area contributed by atoms with Crippen molar-refractivity contribution in [1.82, 2.24) is 15.3 Å². The van der Waals surface area contributed by atoms with E-state index >= 15 is 0 Å². The molecule has 2 fully saturated rings. The number of carbonyl (C=O) groups excluding carboxylic acids is 1. The Balaban J connectivity index is 0.000001000. The number of halogens is 2. The van der Waals surface area contributed by atoms with Gasteiger partial charge < -0.3 is 5.32 Å². The van der Waals surface area contributed by atoms with Gasteiger partial charge in [0.25, 0.3) is 0 Å². The van der Waals surface area contributed by atoms with E-state index < -0.39 is 0 Å². The van der Waals surface area contributed by atoms with Crippen LogP contribution in [-0.2, 0) is 4.79 Å². The number of piperidine rings is 1. The molecule has 1 saturated carbocycles. The van der Waals surface area contributed by atoms with Crippen LogP contribution in [0.1, 0.15) is 43.6 Å². The zero-order valence-electron chi connectivity index (χ0n) is 11.2. The summed E-state index contributed by atoms with van der Waals surface area (Å²) < 4.78 is 0. The van der Waals surface area contributed by atoms with E-state index in [9.17, 15) is 4.79 Å². The van der Waals surface area contributed by atoms with Crippen molar-refractivity contribution < 1.29 is 4.79 Å². The molecule has 2 heterocycles. The molecular formula is C13H20Cl2N4O. The standard InChI is InChI=1S/C13H18N4O.2ClH/c18-12(11-3-1-2-6-14-11)17-13-15-7-10(8-16-13)9-4-5-9;;/h7-9,11,14H,1-6H2,(H,15,16,17,18);2*1H/t11-;;/m1../s1. The second-order valence-electron chi connectivity index (χ2n) is 5.11. The first-order valence-electron chi connectivity index (χ1n) is 6.69. The number of aromatic nitrogens is 2. The smallest absolute Gasteiger partial charge is 0.243 e. The van der Waals surface area contributed by atoms with Crippen molar-refractivity contribution in [3.05, 3.63) is 18.0 Å². The number of nitrogens with zero attached hydrogens (tertiary/aromatic N) is 2. The van der Waals surface area contributed by atoms with E-state index in [0.29, 0.717) is 11.9 Å². The molecule has 5 nitrogen and oxygen atoms in total. The molecule has 0 spiro atoms. The predicted molar refractivity (Wildman–Crippen MR) is 82.8 cm³/mol. The quantitative estimate of drug-likeness (QED) is 0.897. The summed E-state index contributed by atoms with van der Waals surface area (Å²) in [5.74, 6) is 1.04. The number of anilines is 1. The Labute approximate surface area is 131 Å². The van der Waals surface area contributed by atoms with Crippen molar-refractivity contribution in [3.8, 4) is 0 Å². The number of hydrogen-bond acceptors (Lipinski definition) is 4. The van der Waals surface area contributed by atoms with Gasteiger partial charge in [0.1, 0.15) is 0 Å². The number of carbonyl (C=O) groups is 1. The normalized spacial score (nSPS) is 21.3. The van der Waals surface area contributed by atoms with Crippen LogP contribution in [0.15, 0.2) is 12.4 Å². The minimum atomic E-state index is -0.0922. The minimum absolute atomic E-state index is 0. The fraction of sp³-hybridized carbons (Fsp3) is 0.615. The van der Waals surface area contributed by atoms with Crippen molar-refractivity contribution in [2.75, 3.05) is 11.9 Å². The zero-order valence-corrected chi connectivity index (χ0v) is 12.8. The van der Waals surface area contributed by atoms with Crippen LogP contribution in [0.2, 0.25) is 0 Å². The maximum atomic E-state index is 11.9. The van der Waals surface area contributed by atoms with Gasteiger partial charge in [-0.25, -0.2) is 9.97 Å². The van der Waals surface area contributed by atoms with Gasteiger partial charge in [-0.15, -0.1) is 24.8 Å². The topological polar surface area (TPSA) is 66.9 Å².